The molecule has 0 fully saturated rings. The molecule has 154 valence electrons. The third kappa shape index (κ3) is 4.33. The Morgan fingerprint density at radius 2 is 1.89 bits per heavy atom. The number of rotatable bonds is 7. The fourth-order valence-corrected chi connectivity index (χ4v) is 5.32. The van der Waals surface area contributed by atoms with E-state index in [-0.39, 0.29) is 17.9 Å². The van der Waals surface area contributed by atoms with Crippen LogP contribution >= 0.6 is 23.4 Å². The molecule has 0 aliphatic carbocycles. The highest BCUT2D eigenvalue weighted by atomic mass is 35.5. The Morgan fingerprint density at radius 1 is 1.25 bits per heavy atom. The highest BCUT2D eigenvalue weighted by Crippen LogP contribution is 2.49. The Morgan fingerprint density at radius 3 is 2.43 bits per heavy atom. The van der Waals surface area contributed by atoms with Gasteiger partial charge in [-0.15, -0.1) is 11.8 Å². The summed E-state index contributed by atoms with van der Waals surface area (Å²) in [5, 5.41) is 3.94. The van der Waals surface area contributed by atoms with Crippen molar-refractivity contribution in [3.63, 3.8) is 0 Å². The van der Waals surface area contributed by atoms with Gasteiger partial charge in [0.1, 0.15) is 4.75 Å². The van der Waals surface area contributed by atoms with Crippen molar-refractivity contribution in [3.8, 4) is 0 Å². The Bertz CT molecular complexity index is 749. The molecule has 3 atom stereocenters. The van der Waals surface area contributed by atoms with Gasteiger partial charge in [0.05, 0.1) is 19.3 Å². The zero-order chi connectivity index (χ0) is 20.9. The van der Waals surface area contributed by atoms with Crippen molar-refractivity contribution in [2.45, 2.75) is 56.2 Å². The third-order valence-electron chi connectivity index (χ3n) is 5.02. The second-order valence-electron chi connectivity index (χ2n) is 6.84. The van der Waals surface area contributed by atoms with Crippen LogP contribution in [-0.4, -0.2) is 36.4 Å². The summed E-state index contributed by atoms with van der Waals surface area (Å²) in [7, 11) is 1.36. The highest BCUT2D eigenvalue weighted by molar-refractivity contribution is 8.01. The van der Waals surface area contributed by atoms with E-state index in [9.17, 15) is 9.59 Å². The van der Waals surface area contributed by atoms with E-state index >= 15 is 0 Å². The minimum absolute atomic E-state index is 0.254. The van der Waals surface area contributed by atoms with Crippen molar-refractivity contribution in [1.82, 2.24) is 5.32 Å². The number of hydrogen-bond acceptors (Lipinski definition) is 6. The zero-order valence-corrected chi connectivity index (χ0v) is 18.6. The van der Waals surface area contributed by atoms with E-state index in [1.807, 2.05) is 39.8 Å². The molecular weight excluding hydrogens is 398 g/mol. The zero-order valence-electron chi connectivity index (χ0n) is 17.0. The van der Waals surface area contributed by atoms with E-state index in [2.05, 4.69) is 5.32 Å². The molecular formula is C21H28ClNO4S. The van der Waals surface area contributed by atoms with Crippen LogP contribution in [0.25, 0.3) is 0 Å². The number of ether oxygens (including phenoxy) is 2. The molecule has 7 heteroatoms. The maximum atomic E-state index is 13.4. The van der Waals surface area contributed by atoms with Gasteiger partial charge in [-0.2, -0.15) is 0 Å². The SMILES string of the molecule is CCCOC(=O)C1(Sc2ccc(Cl)cc2)C(C)NC(C)=C(C(=O)OC)C1CC. The average molecular weight is 426 g/mol. The van der Waals surface area contributed by atoms with Crippen molar-refractivity contribution in [2.75, 3.05) is 13.7 Å². The van der Waals surface area contributed by atoms with Crippen LogP contribution in [0.1, 0.15) is 40.5 Å². The minimum atomic E-state index is -1.01. The van der Waals surface area contributed by atoms with Crippen LogP contribution < -0.4 is 5.32 Å². The van der Waals surface area contributed by atoms with Crippen molar-refractivity contribution in [3.05, 3.63) is 40.6 Å². The fraction of sp³-hybridized carbons (Fsp3) is 0.524. The van der Waals surface area contributed by atoms with E-state index in [0.29, 0.717) is 23.6 Å². The predicted octanol–water partition coefficient (Wildman–Crippen LogP) is 4.59. The smallest absolute Gasteiger partial charge is 0.335 e. The molecule has 0 aromatic heterocycles. The van der Waals surface area contributed by atoms with Crippen LogP contribution in [0.4, 0.5) is 0 Å². The number of carbonyl (C=O) groups is 2. The number of hydrogen-bond donors (Lipinski definition) is 1. The first-order valence-electron chi connectivity index (χ1n) is 9.49. The van der Waals surface area contributed by atoms with Gasteiger partial charge >= 0.3 is 11.9 Å². The molecule has 0 saturated heterocycles. The Labute approximate surface area is 176 Å². The summed E-state index contributed by atoms with van der Waals surface area (Å²) < 4.78 is 9.65. The molecule has 0 saturated carbocycles. The number of methoxy groups -OCH3 is 1. The standard InChI is InChI=1S/C21H28ClNO4S/c1-6-12-27-20(25)21(28-16-10-8-15(22)9-11-16)14(4)23-13(3)18(17(21)7-2)19(24)26-5/h8-11,14,17,23H,6-7,12H2,1-5H3. The normalized spacial score (nSPS) is 24.5. The first kappa shape index (κ1) is 22.6. The summed E-state index contributed by atoms with van der Waals surface area (Å²) in [6, 6.07) is 7.09. The second kappa shape index (κ2) is 9.70. The number of allylic oxidation sites excluding steroid dienone is 1. The minimum Gasteiger partial charge on any atom is -0.466 e. The Balaban J connectivity index is 2.61. The van der Waals surface area contributed by atoms with Crippen LogP contribution in [0.3, 0.4) is 0 Å². The fourth-order valence-electron chi connectivity index (χ4n) is 3.73. The summed E-state index contributed by atoms with van der Waals surface area (Å²) >= 11 is 7.44. The summed E-state index contributed by atoms with van der Waals surface area (Å²) in [5.41, 5.74) is 1.24. The molecule has 1 heterocycles. The van der Waals surface area contributed by atoms with Gasteiger partial charge in [-0.1, -0.05) is 25.4 Å². The first-order valence-corrected chi connectivity index (χ1v) is 10.7. The van der Waals surface area contributed by atoms with Gasteiger partial charge in [-0.3, -0.25) is 4.79 Å². The van der Waals surface area contributed by atoms with Crippen LogP contribution in [0.5, 0.6) is 0 Å². The number of halogens is 1. The van der Waals surface area contributed by atoms with Crippen LogP contribution in [-0.2, 0) is 19.1 Å². The molecule has 1 aliphatic rings. The van der Waals surface area contributed by atoms with Crippen LogP contribution in [0.2, 0.25) is 5.02 Å². The van der Waals surface area contributed by atoms with Crippen LogP contribution in [0.15, 0.2) is 40.4 Å². The van der Waals surface area contributed by atoms with Crippen molar-refractivity contribution >= 4 is 35.3 Å². The summed E-state index contributed by atoms with van der Waals surface area (Å²) in [6.07, 6.45) is 1.32. The predicted molar refractivity (Wildman–Crippen MR) is 112 cm³/mol. The van der Waals surface area contributed by atoms with E-state index in [4.69, 9.17) is 21.1 Å². The van der Waals surface area contributed by atoms with E-state index in [1.165, 1.54) is 18.9 Å². The van der Waals surface area contributed by atoms with Crippen molar-refractivity contribution in [2.24, 2.45) is 5.92 Å². The summed E-state index contributed by atoms with van der Waals surface area (Å²) in [6.45, 7) is 8.07. The Kier molecular flexibility index (Phi) is 7.84. The quantitative estimate of drug-likeness (QED) is 0.644. The van der Waals surface area contributed by atoms with Gasteiger partial charge in [-0.25, -0.2) is 4.79 Å². The van der Waals surface area contributed by atoms with Gasteiger partial charge in [0.2, 0.25) is 0 Å². The second-order valence-corrected chi connectivity index (χ2v) is 8.63. The molecule has 0 bridgehead atoms. The highest BCUT2D eigenvalue weighted by Gasteiger charge is 2.57. The van der Waals surface area contributed by atoms with Crippen molar-refractivity contribution in [1.29, 1.82) is 0 Å². The maximum absolute atomic E-state index is 13.4. The van der Waals surface area contributed by atoms with Gasteiger partial charge < -0.3 is 14.8 Å². The molecule has 0 spiro atoms. The molecule has 0 amide bonds. The number of esters is 2. The number of nitrogens with one attached hydrogen (secondary N) is 1. The average Bonchev–Trinajstić information content (AvgIpc) is 2.68. The summed E-state index contributed by atoms with van der Waals surface area (Å²) in [4.78, 5) is 26.9. The molecule has 1 aromatic carbocycles. The summed E-state index contributed by atoms with van der Waals surface area (Å²) in [5.74, 6) is -1.11. The molecule has 1 N–H and O–H groups in total. The van der Waals surface area contributed by atoms with Gasteiger partial charge in [0, 0.05) is 27.6 Å². The third-order valence-corrected chi connectivity index (χ3v) is 6.92. The van der Waals surface area contributed by atoms with Gasteiger partial charge in [0.25, 0.3) is 0 Å². The number of carbonyl (C=O) groups excluding carboxylic acids is 2. The number of benzene rings is 1. The molecule has 1 aliphatic heterocycles. The van der Waals surface area contributed by atoms with E-state index < -0.39 is 10.7 Å². The molecule has 3 unspecified atom stereocenters. The van der Waals surface area contributed by atoms with E-state index in [1.54, 1.807) is 12.1 Å². The largest absolute Gasteiger partial charge is 0.466 e. The molecule has 28 heavy (non-hydrogen) atoms. The van der Waals surface area contributed by atoms with Crippen molar-refractivity contribution < 1.29 is 19.1 Å². The Hall–Kier alpha value is -1.66. The van der Waals surface area contributed by atoms with E-state index in [0.717, 1.165) is 17.0 Å². The molecule has 1 aromatic rings. The molecule has 5 nitrogen and oxygen atoms in total. The lowest BCUT2D eigenvalue weighted by Crippen LogP contribution is -2.61. The topological polar surface area (TPSA) is 64.6 Å². The van der Waals surface area contributed by atoms with Gasteiger partial charge in [0.15, 0.2) is 0 Å². The lowest BCUT2D eigenvalue weighted by molar-refractivity contribution is -0.149. The molecule has 0 radical (unpaired) electrons. The lowest BCUT2D eigenvalue weighted by atomic mass is 9.75. The number of thioether (sulfide) groups is 1. The first-order chi connectivity index (χ1) is 13.3. The van der Waals surface area contributed by atoms with Crippen LogP contribution in [0, 0.1) is 5.92 Å². The lowest BCUT2D eigenvalue weighted by Gasteiger charge is -2.47. The molecule has 2 rings (SSSR count). The van der Waals surface area contributed by atoms with Gasteiger partial charge in [-0.05, 0) is 51.0 Å². The monoisotopic (exact) mass is 425 g/mol. The maximum Gasteiger partial charge on any atom is 0.335 e.